The summed E-state index contributed by atoms with van der Waals surface area (Å²) in [5.41, 5.74) is 0. The first-order valence-corrected chi connectivity index (χ1v) is 7.21. The van der Waals surface area contributed by atoms with E-state index in [4.69, 9.17) is 0 Å². The molecule has 1 N–H and O–H groups in total. The minimum Gasteiger partial charge on any atom is -0.317 e. The normalized spacial score (nSPS) is 13.4. The molecule has 0 rings (SSSR count). The van der Waals surface area contributed by atoms with Crippen molar-refractivity contribution in [1.29, 1.82) is 0 Å². The van der Waals surface area contributed by atoms with Gasteiger partial charge in [-0.05, 0) is 38.3 Å². The Morgan fingerprint density at radius 1 is 1.21 bits per heavy atom. The van der Waals surface area contributed by atoms with E-state index in [9.17, 15) is 4.21 Å². The summed E-state index contributed by atoms with van der Waals surface area (Å²) in [7, 11) is -0.586. The molecule has 0 amide bonds. The molecule has 0 aromatic carbocycles. The maximum Gasteiger partial charge on any atom is 0.0246 e. The summed E-state index contributed by atoms with van der Waals surface area (Å²) < 4.78 is 11.5. The van der Waals surface area contributed by atoms with Crippen molar-refractivity contribution >= 4 is 10.8 Å². The van der Waals surface area contributed by atoms with Crippen LogP contribution in [-0.2, 0) is 10.8 Å². The first-order chi connectivity index (χ1) is 6.66. The minimum absolute atomic E-state index is 0.586. The number of hydrogen-bond donors (Lipinski definition) is 1. The molecule has 0 saturated heterocycles. The van der Waals surface area contributed by atoms with Crippen LogP contribution in [0.2, 0.25) is 0 Å². The molecule has 0 saturated carbocycles. The van der Waals surface area contributed by atoms with Crippen LogP contribution in [0.1, 0.15) is 40.0 Å². The van der Waals surface area contributed by atoms with E-state index >= 15 is 0 Å². The maximum absolute atomic E-state index is 11.5. The van der Waals surface area contributed by atoms with Gasteiger partial charge in [-0.1, -0.05) is 20.8 Å². The van der Waals surface area contributed by atoms with Crippen LogP contribution < -0.4 is 5.32 Å². The summed E-state index contributed by atoms with van der Waals surface area (Å²) in [5.74, 6) is 2.42. The zero-order chi connectivity index (χ0) is 10.8. The van der Waals surface area contributed by atoms with Crippen LogP contribution in [-0.4, -0.2) is 28.8 Å². The summed E-state index contributed by atoms with van der Waals surface area (Å²) >= 11 is 0. The second kappa shape index (κ2) is 9.66. The van der Waals surface area contributed by atoms with Crippen molar-refractivity contribution in [2.45, 2.75) is 40.0 Å². The second-order valence-corrected chi connectivity index (χ2v) is 5.83. The van der Waals surface area contributed by atoms with Gasteiger partial charge in [-0.15, -0.1) is 0 Å². The molecule has 14 heavy (non-hydrogen) atoms. The van der Waals surface area contributed by atoms with E-state index in [2.05, 4.69) is 26.1 Å². The largest absolute Gasteiger partial charge is 0.317 e. The van der Waals surface area contributed by atoms with Crippen LogP contribution >= 0.6 is 0 Å². The van der Waals surface area contributed by atoms with E-state index in [-0.39, 0.29) is 0 Å². The molecule has 0 aromatic rings. The Labute approximate surface area is 91.3 Å². The molecule has 0 aliphatic heterocycles. The van der Waals surface area contributed by atoms with E-state index in [0.717, 1.165) is 37.4 Å². The van der Waals surface area contributed by atoms with Gasteiger partial charge in [0.15, 0.2) is 0 Å². The first-order valence-electron chi connectivity index (χ1n) is 5.72. The van der Waals surface area contributed by atoms with Gasteiger partial charge < -0.3 is 5.32 Å². The molecule has 0 spiro atoms. The fraction of sp³-hybridized carbons (Fsp3) is 1.00. The highest BCUT2D eigenvalue weighted by Crippen LogP contribution is 2.01. The molecule has 0 radical (unpaired) electrons. The van der Waals surface area contributed by atoms with Gasteiger partial charge in [0.2, 0.25) is 0 Å². The van der Waals surface area contributed by atoms with Crippen LogP contribution in [0.3, 0.4) is 0 Å². The van der Waals surface area contributed by atoms with Crippen LogP contribution in [0, 0.1) is 5.92 Å². The smallest absolute Gasteiger partial charge is 0.0246 e. The Balaban J connectivity index is 3.18. The third kappa shape index (κ3) is 10.2. The van der Waals surface area contributed by atoms with Gasteiger partial charge >= 0.3 is 0 Å². The molecule has 0 aliphatic carbocycles. The van der Waals surface area contributed by atoms with E-state index in [0.29, 0.717) is 5.92 Å². The molecule has 0 bridgehead atoms. The van der Waals surface area contributed by atoms with Gasteiger partial charge in [0.05, 0.1) is 0 Å². The Morgan fingerprint density at radius 2 is 1.93 bits per heavy atom. The third-order valence-corrected chi connectivity index (χ3v) is 3.51. The fourth-order valence-electron chi connectivity index (χ4n) is 1.13. The van der Waals surface area contributed by atoms with E-state index in [1.54, 1.807) is 0 Å². The highest BCUT2D eigenvalue weighted by molar-refractivity contribution is 7.84. The van der Waals surface area contributed by atoms with Crippen LogP contribution in [0.4, 0.5) is 0 Å². The average Bonchev–Trinajstić information content (AvgIpc) is 2.14. The Kier molecular flexibility index (Phi) is 9.73. The van der Waals surface area contributed by atoms with Gasteiger partial charge in [-0.3, -0.25) is 4.21 Å². The number of nitrogens with one attached hydrogen (secondary N) is 1. The second-order valence-electron chi connectivity index (χ2n) is 4.13. The van der Waals surface area contributed by atoms with E-state index in [1.165, 1.54) is 6.42 Å². The van der Waals surface area contributed by atoms with Crippen molar-refractivity contribution in [1.82, 2.24) is 5.32 Å². The molecule has 2 nitrogen and oxygen atoms in total. The van der Waals surface area contributed by atoms with Crippen molar-refractivity contribution in [2.24, 2.45) is 5.92 Å². The zero-order valence-electron chi connectivity index (χ0n) is 9.84. The first kappa shape index (κ1) is 14.1. The monoisotopic (exact) mass is 219 g/mol. The standard InChI is InChI=1S/C11H25NOS/c1-4-7-12-8-5-9-14(13)10-6-11(2)3/h11-12H,4-10H2,1-3H3. The Hall–Kier alpha value is 0.110. The minimum atomic E-state index is -0.586. The highest BCUT2D eigenvalue weighted by atomic mass is 32.2. The van der Waals surface area contributed by atoms with Crippen molar-refractivity contribution in [3.8, 4) is 0 Å². The SMILES string of the molecule is CCCNCCCS(=O)CCC(C)C. The lowest BCUT2D eigenvalue weighted by Crippen LogP contribution is -2.18. The maximum atomic E-state index is 11.5. The molecule has 1 atom stereocenters. The zero-order valence-corrected chi connectivity index (χ0v) is 10.7. The lowest BCUT2D eigenvalue weighted by molar-refractivity contribution is 0.616. The lowest BCUT2D eigenvalue weighted by Gasteiger charge is -2.05. The molecule has 1 unspecified atom stereocenters. The van der Waals surface area contributed by atoms with E-state index < -0.39 is 10.8 Å². The Bertz CT molecular complexity index is 148. The molecule has 3 heteroatoms. The van der Waals surface area contributed by atoms with Crippen molar-refractivity contribution in [3.63, 3.8) is 0 Å². The van der Waals surface area contributed by atoms with Gasteiger partial charge in [-0.2, -0.15) is 0 Å². The number of rotatable bonds is 9. The molecule has 0 fully saturated rings. The average molecular weight is 219 g/mol. The molecule has 86 valence electrons. The van der Waals surface area contributed by atoms with Crippen LogP contribution in [0.25, 0.3) is 0 Å². The predicted molar refractivity (Wildman–Crippen MR) is 65.1 cm³/mol. The molecule has 0 aliphatic rings. The summed E-state index contributed by atoms with van der Waals surface area (Å²) in [6.07, 6.45) is 3.32. The fourth-order valence-corrected chi connectivity index (χ4v) is 2.53. The van der Waals surface area contributed by atoms with E-state index in [1.807, 2.05) is 0 Å². The topological polar surface area (TPSA) is 29.1 Å². The highest BCUT2D eigenvalue weighted by Gasteiger charge is 2.01. The molecule has 0 heterocycles. The third-order valence-electron chi connectivity index (χ3n) is 2.08. The predicted octanol–water partition coefficient (Wildman–Crippen LogP) is 2.17. The van der Waals surface area contributed by atoms with Crippen molar-refractivity contribution in [3.05, 3.63) is 0 Å². The van der Waals surface area contributed by atoms with Gasteiger partial charge in [0.25, 0.3) is 0 Å². The quantitative estimate of drug-likeness (QED) is 0.602. The van der Waals surface area contributed by atoms with Crippen molar-refractivity contribution in [2.75, 3.05) is 24.6 Å². The summed E-state index contributed by atoms with van der Waals surface area (Å²) in [6, 6.07) is 0. The van der Waals surface area contributed by atoms with Gasteiger partial charge in [0, 0.05) is 22.3 Å². The van der Waals surface area contributed by atoms with Gasteiger partial charge in [-0.25, -0.2) is 0 Å². The van der Waals surface area contributed by atoms with Crippen molar-refractivity contribution < 1.29 is 4.21 Å². The molecule has 0 aromatic heterocycles. The van der Waals surface area contributed by atoms with Crippen LogP contribution in [0.15, 0.2) is 0 Å². The summed E-state index contributed by atoms with van der Waals surface area (Å²) in [6.45, 7) is 8.62. The van der Waals surface area contributed by atoms with Gasteiger partial charge in [0.1, 0.15) is 0 Å². The number of hydrogen-bond acceptors (Lipinski definition) is 2. The Morgan fingerprint density at radius 3 is 2.50 bits per heavy atom. The summed E-state index contributed by atoms with van der Waals surface area (Å²) in [5, 5.41) is 3.32. The summed E-state index contributed by atoms with van der Waals surface area (Å²) in [4.78, 5) is 0. The molecular weight excluding hydrogens is 194 g/mol. The molecular formula is C11H25NOS. The van der Waals surface area contributed by atoms with Crippen LogP contribution in [0.5, 0.6) is 0 Å². The lowest BCUT2D eigenvalue weighted by atomic mass is 10.2.